The SMILES string of the molecule is Cc1nnc(CN=C(NCCCN(C)c2ccccc2)NC2CCN(C3CC3)CC2)n1C. The normalized spacial score (nSPS) is 18.0. The predicted molar refractivity (Wildman–Crippen MR) is 130 cm³/mol. The minimum absolute atomic E-state index is 0.476. The number of benzene rings is 1. The molecule has 1 aliphatic heterocycles. The fraction of sp³-hybridized carbons (Fsp3) is 0.625. The standard InChI is InChI=1S/C24H38N8/c1-19-28-29-23(31(19)3)18-26-24(27-20-12-16-32(17-13-20)22-10-11-22)25-14-7-15-30(2)21-8-5-4-6-9-21/h4-6,8-9,20,22H,7,10-18H2,1-3H3,(H2,25,26,27). The van der Waals surface area contributed by atoms with Gasteiger partial charge in [0, 0.05) is 58.0 Å². The molecule has 2 aliphatic rings. The topological polar surface area (TPSA) is 73.6 Å². The van der Waals surface area contributed by atoms with Crippen LogP contribution in [0.25, 0.3) is 0 Å². The lowest BCUT2D eigenvalue weighted by Gasteiger charge is -2.33. The minimum atomic E-state index is 0.476. The van der Waals surface area contributed by atoms with E-state index in [1.165, 1.54) is 44.5 Å². The zero-order valence-corrected chi connectivity index (χ0v) is 19.8. The molecule has 174 valence electrons. The van der Waals surface area contributed by atoms with E-state index < -0.39 is 0 Å². The zero-order chi connectivity index (χ0) is 22.3. The van der Waals surface area contributed by atoms with Crippen LogP contribution in [0.3, 0.4) is 0 Å². The highest BCUT2D eigenvalue weighted by Crippen LogP contribution is 2.29. The van der Waals surface area contributed by atoms with Crippen molar-refractivity contribution in [2.75, 3.05) is 38.1 Å². The predicted octanol–water partition coefficient (Wildman–Crippen LogP) is 2.31. The van der Waals surface area contributed by atoms with E-state index in [9.17, 15) is 0 Å². The Hall–Kier alpha value is -2.61. The summed E-state index contributed by atoms with van der Waals surface area (Å²) in [5.41, 5.74) is 1.25. The third-order valence-corrected chi connectivity index (χ3v) is 6.65. The van der Waals surface area contributed by atoms with Crippen LogP contribution in [0.15, 0.2) is 35.3 Å². The molecule has 4 rings (SSSR count). The molecule has 32 heavy (non-hydrogen) atoms. The number of aryl methyl sites for hydroxylation is 1. The molecule has 1 aliphatic carbocycles. The molecule has 2 fully saturated rings. The van der Waals surface area contributed by atoms with E-state index in [1.807, 2.05) is 18.5 Å². The van der Waals surface area contributed by atoms with Gasteiger partial charge in [-0.15, -0.1) is 10.2 Å². The molecule has 0 unspecified atom stereocenters. The lowest BCUT2D eigenvalue weighted by atomic mass is 10.1. The Balaban J connectivity index is 1.29. The summed E-state index contributed by atoms with van der Waals surface area (Å²) in [5.74, 6) is 2.68. The van der Waals surface area contributed by atoms with Gasteiger partial charge in [0.25, 0.3) is 0 Å². The molecule has 8 nitrogen and oxygen atoms in total. The Bertz CT molecular complexity index is 865. The average molecular weight is 439 g/mol. The molecular formula is C24H38N8. The number of nitrogens with zero attached hydrogens (tertiary/aromatic N) is 6. The number of hydrogen-bond donors (Lipinski definition) is 2. The van der Waals surface area contributed by atoms with Gasteiger partial charge in [0.05, 0.1) is 0 Å². The fourth-order valence-corrected chi connectivity index (χ4v) is 4.27. The Morgan fingerprint density at radius 2 is 1.88 bits per heavy atom. The minimum Gasteiger partial charge on any atom is -0.375 e. The number of hydrogen-bond acceptors (Lipinski definition) is 5. The molecule has 0 atom stereocenters. The van der Waals surface area contributed by atoms with Crippen molar-refractivity contribution in [3.63, 3.8) is 0 Å². The molecule has 1 aromatic carbocycles. The highest BCUT2D eigenvalue weighted by molar-refractivity contribution is 5.80. The van der Waals surface area contributed by atoms with Crippen LogP contribution >= 0.6 is 0 Å². The van der Waals surface area contributed by atoms with Crippen LogP contribution in [0, 0.1) is 6.92 Å². The molecule has 8 heteroatoms. The van der Waals surface area contributed by atoms with Crippen LogP contribution < -0.4 is 15.5 Å². The lowest BCUT2D eigenvalue weighted by Crippen LogP contribution is -2.49. The van der Waals surface area contributed by atoms with Gasteiger partial charge in [0.15, 0.2) is 11.8 Å². The number of para-hydroxylation sites is 1. The summed E-state index contributed by atoms with van der Waals surface area (Å²) < 4.78 is 2.00. The molecular weight excluding hydrogens is 400 g/mol. The summed E-state index contributed by atoms with van der Waals surface area (Å²) in [6.45, 7) is 6.75. The van der Waals surface area contributed by atoms with Gasteiger partial charge >= 0.3 is 0 Å². The van der Waals surface area contributed by atoms with Crippen molar-refractivity contribution in [2.45, 2.75) is 57.7 Å². The summed E-state index contributed by atoms with van der Waals surface area (Å²) in [6, 6.07) is 11.9. The molecule has 2 heterocycles. The van der Waals surface area contributed by atoms with E-state index >= 15 is 0 Å². The second-order valence-corrected chi connectivity index (χ2v) is 9.11. The van der Waals surface area contributed by atoms with E-state index in [-0.39, 0.29) is 0 Å². The van der Waals surface area contributed by atoms with E-state index in [1.54, 1.807) is 0 Å². The van der Waals surface area contributed by atoms with E-state index in [0.29, 0.717) is 12.6 Å². The number of likely N-dealkylation sites (tertiary alicyclic amines) is 1. The first-order valence-corrected chi connectivity index (χ1v) is 12.0. The molecule has 1 saturated carbocycles. The maximum Gasteiger partial charge on any atom is 0.191 e. The Morgan fingerprint density at radius 3 is 2.53 bits per heavy atom. The Kier molecular flexibility index (Phi) is 7.63. The number of aromatic nitrogens is 3. The van der Waals surface area contributed by atoms with Gasteiger partial charge in [-0.2, -0.15) is 0 Å². The van der Waals surface area contributed by atoms with Gasteiger partial charge in [-0.25, -0.2) is 4.99 Å². The first-order valence-electron chi connectivity index (χ1n) is 12.0. The van der Waals surface area contributed by atoms with Crippen LogP contribution in [0.4, 0.5) is 5.69 Å². The molecule has 1 aromatic heterocycles. The molecule has 1 saturated heterocycles. The molecule has 2 N–H and O–H groups in total. The first-order chi connectivity index (χ1) is 15.6. The van der Waals surface area contributed by atoms with E-state index in [0.717, 1.165) is 43.2 Å². The van der Waals surface area contributed by atoms with Gasteiger partial charge in [0.1, 0.15) is 12.4 Å². The summed E-state index contributed by atoms with van der Waals surface area (Å²) in [6.07, 6.45) is 6.17. The quantitative estimate of drug-likeness (QED) is 0.356. The van der Waals surface area contributed by atoms with Crippen molar-refractivity contribution in [2.24, 2.45) is 12.0 Å². The Labute approximate surface area is 192 Å². The number of aliphatic imine (C=N–C) groups is 1. The van der Waals surface area contributed by atoms with Crippen molar-refractivity contribution in [1.29, 1.82) is 0 Å². The second kappa shape index (κ2) is 10.8. The average Bonchev–Trinajstić information content (AvgIpc) is 3.62. The summed E-state index contributed by atoms with van der Waals surface area (Å²) >= 11 is 0. The Morgan fingerprint density at radius 1 is 1.12 bits per heavy atom. The highest BCUT2D eigenvalue weighted by atomic mass is 15.3. The van der Waals surface area contributed by atoms with Gasteiger partial charge in [0.2, 0.25) is 0 Å². The summed E-state index contributed by atoms with van der Waals surface area (Å²) in [5, 5.41) is 15.7. The largest absolute Gasteiger partial charge is 0.375 e. The second-order valence-electron chi connectivity index (χ2n) is 9.11. The third kappa shape index (κ3) is 6.22. The van der Waals surface area contributed by atoms with Gasteiger partial charge in [-0.3, -0.25) is 0 Å². The van der Waals surface area contributed by atoms with Crippen molar-refractivity contribution < 1.29 is 0 Å². The van der Waals surface area contributed by atoms with Crippen molar-refractivity contribution >= 4 is 11.6 Å². The molecule has 0 amide bonds. The number of anilines is 1. The van der Waals surface area contributed by atoms with Crippen LogP contribution in [0.2, 0.25) is 0 Å². The maximum absolute atomic E-state index is 4.85. The smallest absolute Gasteiger partial charge is 0.191 e. The molecule has 0 radical (unpaired) electrons. The van der Waals surface area contributed by atoms with Crippen molar-refractivity contribution in [1.82, 2.24) is 30.3 Å². The van der Waals surface area contributed by atoms with Gasteiger partial charge in [-0.05, 0) is 51.2 Å². The third-order valence-electron chi connectivity index (χ3n) is 6.65. The molecule has 0 spiro atoms. The van der Waals surface area contributed by atoms with Gasteiger partial charge < -0.3 is 25.0 Å². The van der Waals surface area contributed by atoms with Crippen LogP contribution in [0.5, 0.6) is 0 Å². The van der Waals surface area contributed by atoms with Crippen molar-refractivity contribution in [3.05, 3.63) is 42.0 Å². The van der Waals surface area contributed by atoms with Crippen LogP contribution in [0.1, 0.15) is 43.8 Å². The fourth-order valence-electron chi connectivity index (χ4n) is 4.27. The summed E-state index contributed by atoms with van der Waals surface area (Å²) in [4.78, 5) is 9.80. The monoisotopic (exact) mass is 438 g/mol. The van der Waals surface area contributed by atoms with E-state index in [2.05, 4.69) is 68.0 Å². The number of nitrogens with one attached hydrogen (secondary N) is 2. The number of rotatable bonds is 9. The maximum atomic E-state index is 4.85. The number of piperidine rings is 1. The lowest BCUT2D eigenvalue weighted by molar-refractivity contribution is 0.197. The van der Waals surface area contributed by atoms with E-state index in [4.69, 9.17) is 4.99 Å². The van der Waals surface area contributed by atoms with Crippen LogP contribution in [-0.2, 0) is 13.6 Å². The molecule has 0 bridgehead atoms. The number of guanidine groups is 1. The first kappa shape index (κ1) is 22.6. The summed E-state index contributed by atoms with van der Waals surface area (Å²) in [7, 11) is 4.14. The van der Waals surface area contributed by atoms with Crippen LogP contribution in [-0.4, -0.2) is 70.9 Å². The molecule has 2 aromatic rings. The van der Waals surface area contributed by atoms with Gasteiger partial charge in [-0.1, -0.05) is 18.2 Å². The van der Waals surface area contributed by atoms with Crippen molar-refractivity contribution in [3.8, 4) is 0 Å². The zero-order valence-electron chi connectivity index (χ0n) is 19.8. The highest BCUT2D eigenvalue weighted by Gasteiger charge is 2.31.